The van der Waals surface area contributed by atoms with Crippen LogP contribution in [-0.2, 0) is 0 Å². The van der Waals surface area contributed by atoms with Crippen LogP contribution in [0.4, 0.5) is 0 Å². The second-order valence-corrected chi connectivity index (χ2v) is 5.55. The molecule has 25 heavy (non-hydrogen) atoms. The van der Waals surface area contributed by atoms with E-state index in [-0.39, 0.29) is 0 Å². The van der Waals surface area contributed by atoms with Gasteiger partial charge < -0.3 is 4.74 Å². The normalized spacial score (nSPS) is 9.64. The number of ether oxygens (including phenoxy) is 1. The van der Waals surface area contributed by atoms with Gasteiger partial charge in [0.1, 0.15) is 11.4 Å². The van der Waals surface area contributed by atoms with Gasteiger partial charge in [0.05, 0.1) is 18.7 Å². The summed E-state index contributed by atoms with van der Waals surface area (Å²) in [7, 11) is 1.64. The zero-order chi connectivity index (χ0) is 17.6. The molecular weight excluding hydrogens is 308 g/mol. The lowest BCUT2D eigenvalue weighted by atomic mass is 10.00. The van der Waals surface area contributed by atoms with Crippen LogP contribution < -0.4 is 4.74 Å². The fourth-order valence-electron chi connectivity index (χ4n) is 2.46. The highest BCUT2D eigenvalue weighted by Crippen LogP contribution is 2.24. The lowest BCUT2D eigenvalue weighted by Crippen LogP contribution is -1.87. The minimum atomic E-state index is 0.579. The summed E-state index contributed by atoms with van der Waals surface area (Å²) in [6.07, 6.45) is 0. The number of hydrogen-bond donors (Lipinski definition) is 0. The fraction of sp³-hybridized carbons (Fsp3) is 0.0909. The highest BCUT2D eigenvalue weighted by molar-refractivity contribution is 5.68. The molecule has 1 aromatic heterocycles. The van der Waals surface area contributed by atoms with Crippen LogP contribution in [0.2, 0.25) is 0 Å². The van der Waals surface area contributed by atoms with E-state index in [2.05, 4.69) is 22.9 Å². The molecule has 3 rings (SSSR count). The average molecular weight is 324 g/mol. The molecule has 0 unspecified atom stereocenters. The van der Waals surface area contributed by atoms with Crippen molar-refractivity contribution in [3.05, 3.63) is 83.2 Å². The molecule has 3 nitrogen and oxygen atoms in total. The second-order valence-electron chi connectivity index (χ2n) is 5.55. The van der Waals surface area contributed by atoms with E-state index >= 15 is 0 Å². The van der Waals surface area contributed by atoms with Crippen molar-refractivity contribution < 1.29 is 4.74 Å². The van der Waals surface area contributed by atoms with Crippen LogP contribution in [0.1, 0.15) is 22.5 Å². The Morgan fingerprint density at radius 2 is 1.64 bits per heavy atom. The number of nitrogens with zero attached hydrogens (tertiary/aromatic N) is 2. The summed E-state index contributed by atoms with van der Waals surface area (Å²) < 4.78 is 5.19. The molecule has 0 saturated heterocycles. The van der Waals surface area contributed by atoms with Gasteiger partial charge in [-0.25, -0.2) is 4.98 Å². The third-order valence-corrected chi connectivity index (χ3v) is 3.71. The van der Waals surface area contributed by atoms with Gasteiger partial charge in [-0.15, -0.1) is 0 Å². The van der Waals surface area contributed by atoms with E-state index in [0.717, 1.165) is 28.1 Å². The van der Waals surface area contributed by atoms with Crippen molar-refractivity contribution in [1.82, 2.24) is 4.98 Å². The zero-order valence-electron chi connectivity index (χ0n) is 14.1. The Morgan fingerprint density at radius 3 is 2.32 bits per heavy atom. The summed E-state index contributed by atoms with van der Waals surface area (Å²) in [5.41, 5.74) is 4.96. The number of aromatic nitrogens is 1. The molecule has 0 fully saturated rings. The van der Waals surface area contributed by atoms with Crippen molar-refractivity contribution >= 4 is 0 Å². The molecule has 120 valence electrons. The van der Waals surface area contributed by atoms with E-state index in [9.17, 15) is 5.26 Å². The number of methoxy groups -OCH3 is 1. The van der Waals surface area contributed by atoms with E-state index in [0.29, 0.717) is 11.3 Å². The van der Waals surface area contributed by atoms with Crippen LogP contribution >= 0.6 is 0 Å². The van der Waals surface area contributed by atoms with E-state index in [1.807, 2.05) is 61.5 Å². The van der Waals surface area contributed by atoms with Crippen molar-refractivity contribution in [2.75, 3.05) is 7.11 Å². The van der Waals surface area contributed by atoms with Gasteiger partial charge in [-0.2, -0.15) is 5.26 Å². The van der Waals surface area contributed by atoms with Crippen molar-refractivity contribution in [1.29, 1.82) is 5.26 Å². The van der Waals surface area contributed by atoms with Crippen LogP contribution in [0.5, 0.6) is 5.75 Å². The Morgan fingerprint density at radius 1 is 0.880 bits per heavy atom. The summed E-state index contributed by atoms with van der Waals surface area (Å²) in [5.74, 6) is 6.96. The maximum Gasteiger partial charge on any atom is 0.118 e. The average Bonchev–Trinajstić information content (AvgIpc) is 2.66. The lowest BCUT2D eigenvalue weighted by Gasteiger charge is -2.05. The second kappa shape index (κ2) is 7.34. The topological polar surface area (TPSA) is 45.9 Å². The zero-order valence-corrected chi connectivity index (χ0v) is 14.1. The Labute approximate surface area is 147 Å². The third-order valence-electron chi connectivity index (χ3n) is 3.71. The Bertz CT molecular complexity index is 1000. The number of benzene rings is 2. The minimum Gasteiger partial charge on any atom is -0.497 e. The molecule has 3 aromatic rings. The first-order valence-electron chi connectivity index (χ1n) is 7.83. The Kier molecular flexibility index (Phi) is 4.79. The molecular formula is C22H16N2O. The van der Waals surface area contributed by atoms with Gasteiger partial charge >= 0.3 is 0 Å². The summed E-state index contributed by atoms with van der Waals surface area (Å²) in [4.78, 5) is 4.38. The lowest BCUT2D eigenvalue weighted by molar-refractivity contribution is 0.415. The van der Waals surface area contributed by atoms with Crippen LogP contribution in [0, 0.1) is 30.1 Å². The third kappa shape index (κ3) is 4.05. The molecule has 3 heteroatoms. The van der Waals surface area contributed by atoms with Crippen molar-refractivity contribution in [2.45, 2.75) is 6.92 Å². The van der Waals surface area contributed by atoms with Gasteiger partial charge in [0, 0.05) is 11.3 Å². The number of aryl methyl sites for hydroxylation is 1. The number of pyridine rings is 1. The first kappa shape index (κ1) is 16.3. The number of hydrogen-bond acceptors (Lipinski definition) is 3. The standard InChI is InChI=1S/C22H16N2O/c1-16-4-3-5-21(24-16)9-6-17-12-18(15-23)14-20(13-17)19-7-10-22(25-2)11-8-19/h3-5,7-8,10-14H,1-2H3. The molecule has 2 aromatic carbocycles. The van der Waals surface area contributed by atoms with Crippen LogP contribution in [0.25, 0.3) is 11.1 Å². The number of rotatable bonds is 2. The largest absolute Gasteiger partial charge is 0.497 e. The Balaban J connectivity index is 1.99. The van der Waals surface area contributed by atoms with Crippen molar-refractivity contribution in [3.63, 3.8) is 0 Å². The van der Waals surface area contributed by atoms with Crippen LogP contribution in [0.3, 0.4) is 0 Å². The van der Waals surface area contributed by atoms with Crippen LogP contribution in [-0.4, -0.2) is 12.1 Å². The van der Waals surface area contributed by atoms with E-state index in [1.54, 1.807) is 13.2 Å². The molecule has 0 amide bonds. The predicted molar refractivity (Wildman–Crippen MR) is 98.1 cm³/mol. The van der Waals surface area contributed by atoms with Gasteiger partial charge in [0.2, 0.25) is 0 Å². The molecule has 0 aliphatic heterocycles. The molecule has 0 atom stereocenters. The van der Waals surface area contributed by atoms with Gasteiger partial charge in [-0.1, -0.05) is 24.1 Å². The van der Waals surface area contributed by atoms with Gasteiger partial charge in [0.15, 0.2) is 0 Å². The minimum absolute atomic E-state index is 0.579. The highest BCUT2D eigenvalue weighted by Gasteiger charge is 2.03. The maximum atomic E-state index is 9.31. The monoisotopic (exact) mass is 324 g/mol. The first-order chi connectivity index (χ1) is 12.2. The van der Waals surface area contributed by atoms with E-state index in [1.165, 1.54) is 0 Å². The van der Waals surface area contributed by atoms with Gasteiger partial charge in [-0.3, -0.25) is 0 Å². The fourth-order valence-corrected chi connectivity index (χ4v) is 2.46. The molecule has 1 heterocycles. The number of nitriles is 1. The molecule has 0 N–H and O–H groups in total. The van der Waals surface area contributed by atoms with Gasteiger partial charge in [-0.05, 0) is 66.4 Å². The van der Waals surface area contributed by atoms with Crippen molar-refractivity contribution in [3.8, 4) is 34.8 Å². The Hall–Kier alpha value is -3.56. The molecule has 0 saturated carbocycles. The first-order valence-corrected chi connectivity index (χ1v) is 7.83. The molecule has 0 aliphatic rings. The van der Waals surface area contributed by atoms with Gasteiger partial charge in [0.25, 0.3) is 0 Å². The SMILES string of the molecule is COc1ccc(-c2cc(C#N)cc(C#Cc3cccc(C)n3)c2)cc1. The van der Waals surface area contributed by atoms with Crippen molar-refractivity contribution in [2.24, 2.45) is 0 Å². The summed E-state index contributed by atoms with van der Waals surface area (Å²) >= 11 is 0. The molecule has 0 bridgehead atoms. The summed E-state index contributed by atoms with van der Waals surface area (Å²) in [5, 5.41) is 9.31. The maximum absolute atomic E-state index is 9.31. The highest BCUT2D eigenvalue weighted by atomic mass is 16.5. The molecule has 0 radical (unpaired) electrons. The van der Waals surface area contributed by atoms with E-state index < -0.39 is 0 Å². The predicted octanol–water partition coefficient (Wildman–Crippen LogP) is 4.34. The smallest absolute Gasteiger partial charge is 0.118 e. The molecule has 0 spiro atoms. The summed E-state index contributed by atoms with van der Waals surface area (Å²) in [6, 6.07) is 21.3. The molecule has 0 aliphatic carbocycles. The van der Waals surface area contributed by atoms with Crippen LogP contribution in [0.15, 0.2) is 60.7 Å². The summed E-state index contributed by atoms with van der Waals surface area (Å²) in [6.45, 7) is 1.93. The quantitative estimate of drug-likeness (QED) is 0.659. The van der Waals surface area contributed by atoms with E-state index in [4.69, 9.17) is 4.74 Å².